The Morgan fingerprint density at radius 1 is 1.15 bits per heavy atom. The van der Waals surface area contributed by atoms with Gasteiger partial charge < -0.3 is 5.32 Å². The molecule has 0 radical (unpaired) electrons. The van der Waals surface area contributed by atoms with E-state index < -0.39 is 6.43 Å². The molecule has 5 heteroatoms. The van der Waals surface area contributed by atoms with Gasteiger partial charge in [0.05, 0.1) is 11.3 Å². The average molecular weight is 293 g/mol. The Morgan fingerprint density at radius 3 is 2.45 bits per heavy atom. The van der Waals surface area contributed by atoms with Crippen LogP contribution < -0.4 is 5.32 Å². The summed E-state index contributed by atoms with van der Waals surface area (Å²) in [5, 5.41) is 12.6. The van der Waals surface area contributed by atoms with Crippen LogP contribution in [0.3, 0.4) is 0 Å². The van der Waals surface area contributed by atoms with E-state index in [2.05, 4.69) is 11.4 Å². The summed E-state index contributed by atoms with van der Waals surface area (Å²) in [6.45, 7) is 0.444. The van der Waals surface area contributed by atoms with E-state index in [-0.39, 0.29) is 5.56 Å². The number of nitriles is 1. The molecule has 1 N–H and O–H groups in total. The van der Waals surface area contributed by atoms with Gasteiger partial charge in [-0.3, -0.25) is 0 Å². The van der Waals surface area contributed by atoms with E-state index in [0.29, 0.717) is 22.8 Å². The summed E-state index contributed by atoms with van der Waals surface area (Å²) in [5.74, 6) is 0. The molecule has 0 saturated carbocycles. The van der Waals surface area contributed by atoms with Crippen molar-refractivity contribution in [2.45, 2.75) is 13.0 Å². The number of nitrogens with one attached hydrogen (secondary N) is 1. The highest BCUT2D eigenvalue weighted by atomic mass is 35.5. The second-order valence-electron chi connectivity index (χ2n) is 4.20. The van der Waals surface area contributed by atoms with Gasteiger partial charge in [0.15, 0.2) is 0 Å². The van der Waals surface area contributed by atoms with Crippen molar-refractivity contribution in [3.05, 3.63) is 64.2 Å². The Bertz CT molecular complexity index is 633. The summed E-state index contributed by atoms with van der Waals surface area (Å²) < 4.78 is 24.8. The van der Waals surface area contributed by atoms with Gasteiger partial charge in [0.25, 0.3) is 6.43 Å². The second-order valence-corrected chi connectivity index (χ2v) is 4.63. The van der Waals surface area contributed by atoms with Gasteiger partial charge in [-0.15, -0.1) is 0 Å². The maximum Gasteiger partial charge on any atom is 0.263 e. The van der Waals surface area contributed by atoms with Crippen LogP contribution in [0.25, 0.3) is 0 Å². The lowest BCUT2D eigenvalue weighted by Gasteiger charge is -2.09. The topological polar surface area (TPSA) is 35.8 Å². The van der Waals surface area contributed by atoms with Crippen molar-refractivity contribution >= 4 is 17.3 Å². The molecule has 2 aromatic carbocycles. The molecule has 0 aliphatic carbocycles. The predicted molar refractivity (Wildman–Crippen MR) is 74.9 cm³/mol. The second kappa shape index (κ2) is 6.36. The fourth-order valence-electron chi connectivity index (χ4n) is 1.74. The fourth-order valence-corrected chi connectivity index (χ4v) is 1.91. The Morgan fingerprint density at radius 2 is 1.85 bits per heavy atom. The van der Waals surface area contributed by atoms with Gasteiger partial charge >= 0.3 is 0 Å². The van der Waals surface area contributed by atoms with Crippen molar-refractivity contribution in [3.8, 4) is 6.07 Å². The minimum absolute atomic E-state index is 0.00189. The maximum atomic E-state index is 12.4. The zero-order chi connectivity index (χ0) is 14.5. The first-order valence-corrected chi connectivity index (χ1v) is 6.28. The molecule has 0 aliphatic rings. The fraction of sp³-hybridized carbons (Fsp3) is 0.133. The molecule has 0 aromatic heterocycles. The maximum absolute atomic E-state index is 12.4. The molecule has 0 spiro atoms. The summed E-state index contributed by atoms with van der Waals surface area (Å²) >= 11 is 5.81. The number of anilines is 1. The van der Waals surface area contributed by atoms with Crippen LogP contribution in [0.5, 0.6) is 0 Å². The third kappa shape index (κ3) is 3.46. The van der Waals surface area contributed by atoms with E-state index in [1.165, 1.54) is 12.1 Å². The summed E-state index contributed by atoms with van der Waals surface area (Å²) in [5.41, 5.74) is 1.96. The minimum Gasteiger partial charge on any atom is -0.380 e. The van der Waals surface area contributed by atoms with E-state index in [4.69, 9.17) is 16.9 Å². The molecule has 0 atom stereocenters. The van der Waals surface area contributed by atoms with Gasteiger partial charge in [-0.25, -0.2) is 8.78 Å². The van der Waals surface area contributed by atoms with E-state index in [1.807, 2.05) is 0 Å². The summed E-state index contributed by atoms with van der Waals surface area (Å²) in [6.07, 6.45) is -2.46. The quantitative estimate of drug-likeness (QED) is 0.882. The SMILES string of the molecule is N#Cc1cc(Cl)ccc1NCc1ccc(C(F)F)cc1. The van der Waals surface area contributed by atoms with Crippen molar-refractivity contribution in [1.29, 1.82) is 5.26 Å². The molecule has 0 heterocycles. The first-order valence-electron chi connectivity index (χ1n) is 5.90. The molecule has 20 heavy (non-hydrogen) atoms. The molecule has 0 saturated heterocycles. The van der Waals surface area contributed by atoms with Gasteiger partial charge in [0.1, 0.15) is 6.07 Å². The van der Waals surface area contributed by atoms with Crippen molar-refractivity contribution in [2.75, 3.05) is 5.32 Å². The molecule has 2 nitrogen and oxygen atoms in total. The molecule has 0 bridgehead atoms. The lowest BCUT2D eigenvalue weighted by atomic mass is 10.1. The summed E-state index contributed by atoms with van der Waals surface area (Å²) in [7, 11) is 0. The van der Waals surface area contributed by atoms with Crippen molar-refractivity contribution in [1.82, 2.24) is 0 Å². The van der Waals surface area contributed by atoms with Crippen LogP contribution in [0, 0.1) is 11.3 Å². The van der Waals surface area contributed by atoms with E-state index in [0.717, 1.165) is 5.56 Å². The lowest BCUT2D eigenvalue weighted by Crippen LogP contribution is -2.01. The molecule has 0 unspecified atom stereocenters. The highest BCUT2D eigenvalue weighted by Crippen LogP contribution is 2.22. The van der Waals surface area contributed by atoms with E-state index in [1.54, 1.807) is 30.3 Å². The molecule has 0 fully saturated rings. The first kappa shape index (κ1) is 14.3. The zero-order valence-electron chi connectivity index (χ0n) is 10.4. The minimum atomic E-state index is -2.46. The standard InChI is InChI=1S/C15H11ClF2N2/c16-13-5-6-14(12(7-13)8-19)20-9-10-1-3-11(4-2-10)15(17)18/h1-7,15,20H,9H2. The summed E-state index contributed by atoms with van der Waals surface area (Å²) in [4.78, 5) is 0. The molecule has 0 amide bonds. The molecule has 0 aliphatic heterocycles. The van der Waals surface area contributed by atoms with Gasteiger partial charge in [-0.05, 0) is 23.8 Å². The number of alkyl halides is 2. The highest BCUT2D eigenvalue weighted by Gasteiger charge is 2.06. The molecule has 2 aromatic rings. The van der Waals surface area contributed by atoms with Gasteiger partial charge in [-0.2, -0.15) is 5.26 Å². The van der Waals surface area contributed by atoms with Gasteiger partial charge in [0.2, 0.25) is 0 Å². The highest BCUT2D eigenvalue weighted by molar-refractivity contribution is 6.30. The van der Waals surface area contributed by atoms with E-state index in [9.17, 15) is 8.78 Å². The Labute approximate surface area is 120 Å². The van der Waals surface area contributed by atoms with E-state index >= 15 is 0 Å². The normalized spacial score (nSPS) is 10.3. The van der Waals surface area contributed by atoms with Crippen LogP contribution in [0.1, 0.15) is 23.1 Å². The predicted octanol–water partition coefficient (Wildman–Crippen LogP) is 4.76. The molecular weight excluding hydrogens is 282 g/mol. The van der Waals surface area contributed by atoms with Gasteiger partial charge in [0, 0.05) is 17.1 Å². The largest absolute Gasteiger partial charge is 0.380 e. The molecule has 2 rings (SSSR count). The number of nitrogens with zero attached hydrogens (tertiary/aromatic N) is 1. The van der Waals surface area contributed by atoms with Crippen molar-refractivity contribution in [2.24, 2.45) is 0 Å². The van der Waals surface area contributed by atoms with Gasteiger partial charge in [-0.1, -0.05) is 35.9 Å². The number of hydrogen-bond acceptors (Lipinski definition) is 2. The summed E-state index contributed by atoms with van der Waals surface area (Å²) in [6, 6.07) is 13.1. The van der Waals surface area contributed by atoms with Crippen LogP contribution >= 0.6 is 11.6 Å². The number of benzene rings is 2. The van der Waals surface area contributed by atoms with Crippen LogP contribution in [0.2, 0.25) is 5.02 Å². The zero-order valence-corrected chi connectivity index (χ0v) is 11.2. The lowest BCUT2D eigenvalue weighted by molar-refractivity contribution is 0.151. The monoisotopic (exact) mass is 292 g/mol. The van der Waals surface area contributed by atoms with Crippen molar-refractivity contribution in [3.63, 3.8) is 0 Å². The first-order chi connectivity index (χ1) is 9.60. The average Bonchev–Trinajstić information content (AvgIpc) is 2.46. The Kier molecular flexibility index (Phi) is 4.54. The van der Waals surface area contributed by atoms with Crippen LogP contribution in [0.4, 0.5) is 14.5 Å². The number of halogens is 3. The molecule has 102 valence electrons. The smallest absolute Gasteiger partial charge is 0.263 e. The molecular formula is C15H11ClF2N2. The van der Waals surface area contributed by atoms with Crippen LogP contribution in [-0.2, 0) is 6.54 Å². The third-order valence-electron chi connectivity index (χ3n) is 2.82. The van der Waals surface area contributed by atoms with Crippen LogP contribution in [-0.4, -0.2) is 0 Å². The number of rotatable bonds is 4. The Hall–Kier alpha value is -2.12. The van der Waals surface area contributed by atoms with Crippen molar-refractivity contribution < 1.29 is 8.78 Å². The number of hydrogen-bond donors (Lipinski definition) is 1. The van der Waals surface area contributed by atoms with Crippen LogP contribution in [0.15, 0.2) is 42.5 Å². The third-order valence-corrected chi connectivity index (χ3v) is 3.05. The Balaban J connectivity index is 2.07.